The molecule has 0 bridgehead atoms. The van der Waals surface area contributed by atoms with Gasteiger partial charge in [-0.05, 0) is 36.1 Å². The monoisotopic (exact) mass is 286 g/mol. The first kappa shape index (κ1) is 14.6. The van der Waals surface area contributed by atoms with Crippen molar-refractivity contribution in [2.24, 2.45) is 0 Å². The van der Waals surface area contributed by atoms with Crippen molar-refractivity contribution < 1.29 is 0 Å². The topological polar surface area (TPSA) is 0 Å². The zero-order valence-electron chi connectivity index (χ0n) is 13.5. The van der Waals surface area contributed by atoms with Crippen molar-refractivity contribution in [3.8, 4) is 11.1 Å². The van der Waals surface area contributed by atoms with E-state index in [4.69, 9.17) is 0 Å². The van der Waals surface area contributed by atoms with E-state index in [0.29, 0.717) is 5.92 Å². The van der Waals surface area contributed by atoms with Gasteiger partial charge in [0.05, 0.1) is 0 Å². The molecule has 0 heteroatoms. The van der Waals surface area contributed by atoms with Crippen LogP contribution in [0.2, 0.25) is 0 Å². The lowest BCUT2D eigenvalue weighted by atomic mass is 9.89. The zero-order chi connectivity index (χ0) is 15.5. The normalized spacial score (nSPS) is 12.1. The lowest BCUT2D eigenvalue weighted by Gasteiger charge is -2.15. The highest BCUT2D eigenvalue weighted by Crippen LogP contribution is 2.29. The Labute approximate surface area is 133 Å². The van der Waals surface area contributed by atoms with E-state index in [-0.39, 0.29) is 0 Å². The van der Waals surface area contributed by atoms with Gasteiger partial charge in [-0.1, -0.05) is 90.8 Å². The van der Waals surface area contributed by atoms with Crippen molar-refractivity contribution in [2.75, 3.05) is 0 Å². The van der Waals surface area contributed by atoms with E-state index in [1.54, 1.807) is 0 Å². The first-order valence-corrected chi connectivity index (χ1v) is 7.87. The molecule has 0 radical (unpaired) electrons. The van der Waals surface area contributed by atoms with Crippen LogP contribution in [0, 0.1) is 13.8 Å². The molecule has 0 saturated carbocycles. The van der Waals surface area contributed by atoms with Crippen LogP contribution >= 0.6 is 0 Å². The fourth-order valence-corrected chi connectivity index (χ4v) is 3.07. The van der Waals surface area contributed by atoms with Crippen LogP contribution in [0.1, 0.15) is 35.1 Å². The first-order valence-electron chi connectivity index (χ1n) is 7.87. The van der Waals surface area contributed by atoms with Gasteiger partial charge in [0.25, 0.3) is 0 Å². The summed E-state index contributed by atoms with van der Waals surface area (Å²) in [7, 11) is 0. The first-order chi connectivity index (χ1) is 10.6. The summed E-state index contributed by atoms with van der Waals surface area (Å²) >= 11 is 0. The molecule has 1 atom stereocenters. The number of benzene rings is 3. The molecule has 1 unspecified atom stereocenters. The third kappa shape index (κ3) is 3.12. The third-order valence-electron chi connectivity index (χ3n) is 4.24. The van der Waals surface area contributed by atoms with E-state index in [2.05, 4.69) is 93.6 Å². The Morgan fingerprint density at radius 1 is 0.591 bits per heavy atom. The maximum absolute atomic E-state index is 2.32. The van der Waals surface area contributed by atoms with Gasteiger partial charge in [0.2, 0.25) is 0 Å². The highest BCUT2D eigenvalue weighted by atomic mass is 14.1. The average molecular weight is 286 g/mol. The molecule has 0 N–H and O–H groups in total. The molecule has 0 heterocycles. The van der Waals surface area contributed by atoms with E-state index in [1.807, 2.05) is 0 Å². The summed E-state index contributed by atoms with van der Waals surface area (Å²) in [6, 6.07) is 26.3. The minimum Gasteiger partial charge on any atom is -0.0622 e. The van der Waals surface area contributed by atoms with E-state index in [0.717, 1.165) is 0 Å². The molecule has 22 heavy (non-hydrogen) atoms. The SMILES string of the molecule is Cc1cc(C)cc(C(C)c2cccc(-c3ccccc3)c2)c1. The quantitative estimate of drug-likeness (QED) is 0.544. The number of rotatable bonds is 3. The van der Waals surface area contributed by atoms with Gasteiger partial charge >= 0.3 is 0 Å². The van der Waals surface area contributed by atoms with Gasteiger partial charge in [-0.25, -0.2) is 0 Å². The number of aryl methyl sites for hydroxylation is 2. The summed E-state index contributed by atoms with van der Waals surface area (Å²) in [6.07, 6.45) is 0. The van der Waals surface area contributed by atoms with Crippen LogP contribution in [0.3, 0.4) is 0 Å². The van der Waals surface area contributed by atoms with Gasteiger partial charge in [-0.15, -0.1) is 0 Å². The highest BCUT2D eigenvalue weighted by Gasteiger charge is 2.10. The van der Waals surface area contributed by atoms with Crippen molar-refractivity contribution in [1.29, 1.82) is 0 Å². The molecular weight excluding hydrogens is 264 g/mol. The number of hydrogen-bond acceptors (Lipinski definition) is 0. The van der Waals surface area contributed by atoms with Crippen molar-refractivity contribution in [3.05, 3.63) is 95.1 Å². The minimum absolute atomic E-state index is 0.405. The van der Waals surface area contributed by atoms with Crippen LogP contribution in [-0.2, 0) is 0 Å². The van der Waals surface area contributed by atoms with Crippen LogP contribution in [0.15, 0.2) is 72.8 Å². The Morgan fingerprint density at radius 3 is 1.91 bits per heavy atom. The largest absolute Gasteiger partial charge is 0.0622 e. The molecule has 3 aromatic carbocycles. The Balaban J connectivity index is 1.98. The highest BCUT2D eigenvalue weighted by molar-refractivity contribution is 5.64. The second-order valence-corrected chi connectivity index (χ2v) is 6.13. The van der Waals surface area contributed by atoms with Gasteiger partial charge in [-0.2, -0.15) is 0 Å². The van der Waals surface area contributed by atoms with E-state index in [9.17, 15) is 0 Å². The third-order valence-corrected chi connectivity index (χ3v) is 4.24. The molecular formula is C22H22. The molecule has 0 amide bonds. The zero-order valence-corrected chi connectivity index (χ0v) is 13.5. The average Bonchev–Trinajstić information content (AvgIpc) is 2.54. The molecule has 0 aliphatic rings. The molecule has 0 fully saturated rings. The van der Waals surface area contributed by atoms with Crippen molar-refractivity contribution >= 4 is 0 Å². The fourth-order valence-electron chi connectivity index (χ4n) is 3.07. The van der Waals surface area contributed by atoms with Gasteiger partial charge < -0.3 is 0 Å². The summed E-state index contributed by atoms with van der Waals surface area (Å²) in [5.74, 6) is 0.405. The summed E-state index contributed by atoms with van der Waals surface area (Å²) in [6.45, 7) is 6.63. The number of hydrogen-bond donors (Lipinski definition) is 0. The summed E-state index contributed by atoms with van der Waals surface area (Å²) in [4.78, 5) is 0. The molecule has 0 nitrogen and oxygen atoms in total. The lowest BCUT2D eigenvalue weighted by molar-refractivity contribution is 0.918. The van der Waals surface area contributed by atoms with E-state index < -0.39 is 0 Å². The summed E-state index contributed by atoms with van der Waals surface area (Å²) < 4.78 is 0. The Kier molecular flexibility index (Phi) is 4.11. The minimum atomic E-state index is 0.405. The Hall–Kier alpha value is -2.34. The molecule has 0 saturated heterocycles. The van der Waals surface area contributed by atoms with E-state index >= 15 is 0 Å². The molecule has 0 spiro atoms. The molecule has 110 valence electrons. The van der Waals surface area contributed by atoms with Crippen molar-refractivity contribution in [1.82, 2.24) is 0 Å². The van der Waals surface area contributed by atoms with Crippen LogP contribution in [0.5, 0.6) is 0 Å². The predicted octanol–water partition coefficient (Wildman–Crippen LogP) is 6.12. The summed E-state index contributed by atoms with van der Waals surface area (Å²) in [5, 5.41) is 0. The smallest absolute Gasteiger partial charge is 0.00614 e. The van der Waals surface area contributed by atoms with Gasteiger partial charge in [0.15, 0.2) is 0 Å². The standard InChI is InChI=1S/C22H22/c1-16-12-17(2)14-22(13-16)18(3)20-10-7-11-21(15-20)19-8-5-4-6-9-19/h4-15,18H,1-3H3. The second kappa shape index (κ2) is 6.19. The molecule has 0 aliphatic heterocycles. The Bertz CT molecular complexity index is 749. The molecule has 3 rings (SSSR count). The van der Waals surface area contributed by atoms with Crippen LogP contribution < -0.4 is 0 Å². The summed E-state index contributed by atoms with van der Waals surface area (Å²) in [5.41, 5.74) is 7.99. The van der Waals surface area contributed by atoms with Crippen molar-refractivity contribution in [2.45, 2.75) is 26.7 Å². The molecule has 0 aromatic heterocycles. The predicted molar refractivity (Wildman–Crippen MR) is 95.3 cm³/mol. The molecule has 3 aromatic rings. The van der Waals surface area contributed by atoms with Gasteiger partial charge in [-0.3, -0.25) is 0 Å². The maximum Gasteiger partial charge on any atom is 0.00614 e. The lowest BCUT2D eigenvalue weighted by Crippen LogP contribution is -1.97. The van der Waals surface area contributed by atoms with Crippen LogP contribution in [0.4, 0.5) is 0 Å². The van der Waals surface area contributed by atoms with Gasteiger partial charge in [0.1, 0.15) is 0 Å². The second-order valence-electron chi connectivity index (χ2n) is 6.13. The van der Waals surface area contributed by atoms with Gasteiger partial charge in [0, 0.05) is 5.92 Å². The van der Waals surface area contributed by atoms with Crippen molar-refractivity contribution in [3.63, 3.8) is 0 Å². The fraction of sp³-hybridized carbons (Fsp3) is 0.182. The molecule has 0 aliphatic carbocycles. The van der Waals surface area contributed by atoms with Crippen LogP contribution in [-0.4, -0.2) is 0 Å². The van der Waals surface area contributed by atoms with E-state index in [1.165, 1.54) is 33.4 Å². The van der Waals surface area contributed by atoms with Crippen LogP contribution in [0.25, 0.3) is 11.1 Å². The maximum atomic E-state index is 2.32. The Morgan fingerprint density at radius 2 is 1.23 bits per heavy atom.